The molecule has 22 heavy (non-hydrogen) atoms. The highest BCUT2D eigenvalue weighted by atomic mass is 16.5. The third-order valence-corrected chi connectivity index (χ3v) is 4.23. The molecule has 0 saturated heterocycles. The molecule has 0 spiro atoms. The molecule has 3 rings (SSSR count). The molecular weight excluding hydrogens is 274 g/mol. The summed E-state index contributed by atoms with van der Waals surface area (Å²) in [4.78, 5) is 12.3. The molecule has 1 amide bonds. The van der Waals surface area contributed by atoms with Gasteiger partial charge in [0, 0.05) is 12.0 Å². The second kappa shape index (κ2) is 6.22. The average Bonchev–Trinajstić information content (AvgIpc) is 2.51. The molecule has 0 aromatic heterocycles. The van der Waals surface area contributed by atoms with Crippen LogP contribution >= 0.6 is 0 Å². The van der Waals surface area contributed by atoms with Crippen molar-refractivity contribution in [2.75, 3.05) is 6.61 Å². The number of rotatable bonds is 3. The molecule has 1 aliphatic rings. The summed E-state index contributed by atoms with van der Waals surface area (Å²) in [5, 5.41) is 3.14. The van der Waals surface area contributed by atoms with E-state index in [4.69, 9.17) is 4.74 Å². The molecule has 114 valence electrons. The number of carbonyl (C=O) groups excluding carboxylic acids is 1. The van der Waals surface area contributed by atoms with E-state index in [1.165, 1.54) is 11.1 Å². The average molecular weight is 295 g/mol. The van der Waals surface area contributed by atoms with E-state index in [1.807, 2.05) is 30.3 Å². The Kier molecular flexibility index (Phi) is 4.14. The van der Waals surface area contributed by atoms with Crippen molar-refractivity contribution >= 4 is 5.91 Å². The first-order chi connectivity index (χ1) is 10.6. The number of hydrogen-bond donors (Lipinski definition) is 1. The topological polar surface area (TPSA) is 38.3 Å². The van der Waals surface area contributed by atoms with Crippen LogP contribution in [0.25, 0.3) is 0 Å². The van der Waals surface area contributed by atoms with E-state index < -0.39 is 0 Å². The van der Waals surface area contributed by atoms with Crippen molar-refractivity contribution < 1.29 is 9.53 Å². The highest BCUT2D eigenvalue weighted by Crippen LogP contribution is 2.31. The summed E-state index contributed by atoms with van der Waals surface area (Å²) in [7, 11) is 0. The molecule has 1 heterocycles. The third kappa shape index (κ3) is 3.14. The number of carbonyl (C=O) groups is 1. The van der Waals surface area contributed by atoms with Crippen LogP contribution in [0.4, 0.5) is 0 Å². The van der Waals surface area contributed by atoms with Gasteiger partial charge in [0.2, 0.25) is 5.91 Å². The molecule has 0 bridgehead atoms. The van der Waals surface area contributed by atoms with Crippen LogP contribution in [0.2, 0.25) is 0 Å². The molecule has 0 unspecified atom stereocenters. The van der Waals surface area contributed by atoms with Gasteiger partial charge in [0.25, 0.3) is 0 Å². The van der Waals surface area contributed by atoms with Crippen LogP contribution < -0.4 is 10.1 Å². The fraction of sp³-hybridized carbons (Fsp3) is 0.316. The Balaban J connectivity index is 1.69. The van der Waals surface area contributed by atoms with E-state index in [2.05, 4.69) is 31.3 Å². The Bertz CT molecular complexity index is 694. The van der Waals surface area contributed by atoms with E-state index >= 15 is 0 Å². The Hall–Kier alpha value is -2.29. The van der Waals surface area contributed by atoms with Gasteiger partial charge in [-0.1, -0.05) is 36.4 Å². The summed E-state index contributed by atoms with van der Waals surface area (Å²) in [5.41, 5.74) is 4.60. The summed E-state index contributed by atoms with van der Waals surface area (Å²) in [6.07, 6.45) is 1.23. The Morgan fingerprint density at radius 2 is 2.00 bits per heavy atom. The number of hydrogen-bond acceptors (Lipinski definition) is 2. The lowest BCUT2D eigenvalue weighted by Gasteiger charge is -2.26. The van der Waals surface area contributed by atoms with Crippen LogP contribution in [-0.2, 0) is 11.2 Å². The molecule has 2 aromatic rings. The maximum Gasteiger partial charge on any atom is 0.224 e. The number of aryl methyl sites for hydroxylation is 2. The lowest BCUT2D eigenvalue weighted by atomic mass is 9.99. The first kappa shape index (κ1) is 14.6. The summed E-state index contributed by atoms with van der Waals surface area (Å²) >= 11 is 0. The zero-order valence-corrected chi connectivity index (χ0v) is 13.1. The SMILES string of the molecule is Cc1ccc(CC(=O)N[C@H]2CCOc3ccccc32)cc1C. The maximum absolute atomic E-state index is 12.3. The quantitative estimate of drug-likeness (QED) is 0.941. The predicted molar refractivity (Wildman–Crippen MR) is 87.1 cm³/mol. The lowest BCUT2D eigenvalue weighted by molar-refractivity contribution is -0.121. The number of ether oxygens (including phenoxy) is 1. The highest BCUT2D eigenvalue weighted by molar-refractivity contribution is 5.79. The molecule has 2 aromatic carbocycles. The zero-order valence-electron chi connectivity index (χ0n) is 13.1. The fourth-order valence-electron chi connectivity index (χ4n) is 2.84. The summed E-state index contributed by atoms with van der Waals surface area (Å²) in [5.74, 6) is 0.940. The van der Waals surface area contributed by atoms with Crippen molar-refractivity contribution in [3.05, 3.63) is 64.7 Å². The van der Waals surface area contributed by atoms with Crippen LogP contribution in [0.15, 0.2) is 42.5 Å². The normalized spacial score (nSPS) is 16.5. The number of nitrogens with one attached hydrogen (secondary N) is 1. The molecule has 1 atom stereocenters. The van der Waals surface area contributed by atoms with Gasteiger partial charge in [0.1, 0.15) is 5.75 Å². The van der Waals surface area contributed by atoms with Gasteiger partial charge in [-0.3, -0.25) is 4.79 Å². The van der Waals surface area contributed by atoms with E-state index in [9.17, 15) is 4.79 Å². The minimum atomic E-state index is 0.0454. The first-order valence-electron chi connectivity index (χ1n) is 7.71. The van der Waals surface area contributed by atoms with Crippen LogP contribution in [0.3, 0.4) is 0 Å². The zero-order chi connectivity index (χ0) is 15.5. The summed E-state index contributed by atoms with van der Waals surface area (Å²) in [6.45, 7) is 4.80. The number of benzene rings is 2. The van der Waals surface area contributed by atoms with Crippen LogP contribution in [0, 0.1) is 13.8 Å². The largest absolute Gasteiger partial charge is 0.493 e. The smallest absolute Gasteiger partial charge is 0.224 e. The molecule has 0 saturated carbocycles. The summed E-state index contributed by atoms with van der Waals surface area (Å²) in [6, 6.07) is 14.2. The van der Waals surface area contributed by atoms with E-state index in [0.29, 0.717) is 13.0 Å². The molecule has 0 radical (unpaired) electrons. The fourth-order valence-corrected chi connectivity index (χ4v) is 2.84. The van der Waals surface area contributed by atoms with Gasteiger partial charge in [-0.05, 0) is 36.6 Å². The minimum Gasteiger partial charge on any atom is -0.493 e. The van der Waals surface area contributed by atoms with Gasteiger partial charge in [-0.25, -0.2) is 0 Å². The van der Waals surface area contributed by atoms with Crippen molar-refractivity contribution in [2.24, 2.45) is 0 Å². The van der Waals surface area contributed by atoms with Crippen molar-refractivity contribution in [3.63, 3.8) is 0 Å². The number of amides is 1. The second-order valence-electron chi connectivity index (χ2n) is 5.89. The molecule has 1 aliphatic heterocycles. The van der Waals surface area contributed by atoms with Gasteiger partial charge in [-0.2, -0.15) is 0 Å². The van der Waals surface area contributed by atoms with Crippen LogP contribution in [-0.4, -0.2) is 12.5 Å². The lowest BCUT2D eigenvalue weighted by Crippen LogP contribution is -2.33. The highest BCUT2D eigenvalue weighted by Gasteiger charge is 2.22. The monoisotopic (exact) mass is 295 g/mol. The van der Waals surface area contributed by atoms with E-state index in [1.54, 1.807) is 0 Å². The summed E-state index contributed by atoms with van der Waals surface area (Å²) < 4.78 is 5.63. The van der Waals surface area contributed by atoms with Crippen molar-refractivity contribution in [2.45, 2.75) is 32.7 Å². The van der Waals surface area contributed by atoms with Crippen LogP contribution in [0.1, 0.15) is 34.7 Å². The van der Waals surface area contributed by atoms with Gasteiger partial charge in [-0.15, -0.1) is 0 Å². The molecule has 1 N–H and O–H groups in total. The molecule has 0 fully saturated rings. The standard InChI is InChI=1S/C19H21NO2/c1-13-7-8-15(11-14(13)2)12-19(21)20-17-9-10-22-18-6-4-3-5-16(17)18/h3-8,11,17H,9-10,12H2,1-2H3,(H,20,21)/t17-/m0/s1. The molecule has 3 nitrogen and oxygen atoms in total. The Morgan fingerprint density at radius 3 is 2.82 bits per heavy atom. The third-order valence-electron chi connectivity index (χ3n) is 4.23. The first-order valence-corrected chi connectivity index (χ1v) is 7.71. The Labute approximate surface area is 131 Å². The number of fused-ring (bicyclic) bond motifs is 1. The maximum atomic E-state index is 12.3. The van der Waals surface area contributed by atoms with E-state index in [0.717, 1.165) is 23.3 Å². The molecule has 3 heteroatoms. The van der Waals surface area contributed by atoms with Gasteiger partial charge in [0.15, 0.2) is 0 Å². The van der Waals surface area contributed by atoms with Crippen LogP contribution in [0.5, 0.6) is 5.75 Å². The minimum absolute atomic E-state index is 0.0454. The Morgan fingerprint density at radius 1 is 1.18 bits per heavy atom. The van der Waals surface area contributed by atoms with Crippen molar-refractivity contribution in [1.82, 2.24) is 5.32 Å². The van der Waals surface area contributed by atoms with Crippen molar-refractivity contribution in [1.29, 1.82) is 0 Å². The van der Waals surface area contributed by atoms with Gasteiger partial charge < -0.3 is 10.1 Å². The van der Waals surface area contributed by atoms with Gasteiger partial charge in [0.05, 0.1) is 19.1 Å². The number of para-hydroxylation sites is 1. The molecule has 0 aliphatic carbocycles. The molecular formula is C19H21NO2. The van der Waals surface area contributed by atoms with Gasteiger partial charge >= 0.3 is 0 Å². The van der Waals surface area contributed by atoms with Crippen molar-refractivity contribution in [3.8, 4) is 5.75 Å². The predicted octanol–water partition coefficient (Wildman–Crippen LogP) is 3.49. The second-order valence-corrected chi connectivity index (χ2v) is 5.89. The van der Waals surface area contributed by atoms with E-state index in [-0.39, 0.29) is 11.9 Å².